The zero-order valence-electron chi connectivity index (χ0n) is 21.9. The van der Waals surface area contributed by atoms with Crippen LogP contribution in [0.1, 0.15) is 16.7 Å². The lowest BCUT2D eigenvalue weighted by Crippen LogP contribution is -2.35. The number of rotatable bonds is 8. The number of benzene rings is 4. The number of aromatic amines is 1. The number of nitrogens with one attached hydrogen (secondary N) is 2. The average molecular weight is 522 g/mol. The molecular weight excluding hydrogens is 489 g/mol. The molecule has 5 nitrogen and oxygen atoms in total. The summed E-state index contributed by atoms with van der Waals surface area (Å²) in [6, 6.07) is 25.9. The van der Waals surface area contributed by atoms with E-state index in [1.54, 1.807) is 18.3 Å². The molecule has 1 aromatic heterocycles. The van der Waals surface area contributed by atoms with E-state index in [0.717, 1.165) is 84.0 Å². The quantitative estimate of drug-likeness (QED) is 0.205. The Morgan fingerprint density at radius 1 is 0.846 bits per heavy atom. The second kappa shape index (κ2) is 11.5. The molecule has 1 saturated heterocycles. The normalized spacial score (nSPS) is 14.3. The lowest BCUT2D eigenvalue weighted by molar-refractivity contribution is 0.0342. The summed E-state index contributed by atoms with van der Waals surface area (Å²) >= 11 is 0. The van der Waals surface area contributed by atoms with Crippen molar-refractivity contribution in [2.45, 2.75) is 19.5 Å². The topological polar surface area (TPSA) is 57.4 Å². The lowest BCUT2D eigenvalue weighted by atomic mass is 9.93. The number of hydrogen-bond donors (Lipinski definition) is 2. The van der Waals surface area contributed by atoms with Crippen LogP contribution in [-0.4, -0.2) is 42.7 Å². The van der Waals surface area contributed by atoms with Gasteiger partial charge in [-0.05, 0) is 81.2 Å². The Kier molecular flexibility index (Phi) is 7.50. The minimum Gasteiger partial charge on any atom is -0.379 e. The van der Waals surface area contributed by atoms with Crippen molar-refractivity contribution in [1.29, 1.82) is 0 Å². The lowest BCUT2D eigenvalue weighted by Gasteiger charge is -2.26. The second-order valence-electron chi connectivity index (χ2n) is 10.2. The van der Waals surface area contributed by atoms with E-state index in [1.165, 1.54) is 23.3 Å². The van der Waals surface area contributed by atoms with E-state index in [1.807, 2.05) is 6.07 Å². The third-order valence-electron chi connectivity index (χ3n) is 7.57. The molecule has 0 spiro atoms. The summed E-state index contributed by atoms with van der Waals surface area (Å²) in [5.41, 5.74) is 5.69. The van der Waals surface area contributed by atoms with Gasteiger partial charge in [-0.15, -0.1) is 0 Å². The number of fused-ring (bicyclic) bond motifs is 3. The molecule has 2 heterocycles. The minimum absolute atomic E-state index is 0.0727. The molecule has 6 heteroatoms. The summed E-state index contributed by atoms with van der Waals surface area (Å²) in [7, 11) is 0. The molecule has 1 aliphatic heterocycles. The zero-order chi connectivity index (χ0) is 26.6. The van der Waals surface area contributed by atoms with Crippen LogP contribution in [0.3, 0.4) is 0 Å². The molecular formula is C33H32FN3O2. The van der Waals surface area contributed by atoms with Crippen LogP contribution in [-0.2, 0) is 24.2 Å². The molecule has 198 valence electrons. The number of nitrogens with zero attached hydrogens (tertiary/aromatic N) is 1. The fraction of sp³-hybridized carbons (Fsp3) is 0.242. The van der Waals surface area contributed by atoms with Crippen LogP contribution in [0.25, 0.3) is 32.7 Å². The Balaban J connectivity index is 1.26. The van der Waals surface area contributed by atoms with Crippen LogP contribution in [0.5, 0.6) is 0 Å². The maximum absolute atomic E-state index is 13.2. The first-order valence-electron chi connectivity index (χ1n) is 13.6. The smallest absolute Gasteiger partial charge is 0.256 e. The molecule has 0 atom stereocenters. The SMILES string of the molecule is O=c1[nH]ccc2cc(CCNCc3ccc(F)cc3)c3ccc(-c4ccc(CN5CCOCC5)cc4)cc3c12. The van der Waals surface area contributed by atoms with Crippen molar-refractivity contribution in [3.63, 3.8) is 0 Å². The van der Waals surface area contributed by atoms with Crippen molar-refractivity contribution in [1.82, 2.24) is 15.2 Å². The highest BCUT2D eigenvalue weighted by Gasteiger charge is 2.13. The van der Waals surface area contributed by atoms with Gasteiger partial charge >= 0.3 is 0 Å². The molecule has 1 aliphatic rings. The number of ether oxygens (including phenoxy) is 1. The molecule has 5 aromatic rings. The fourth-order valence-electron chi connectivity index (χ4n) is 5.45. The van der Waals surface area contributed by atoms with E-state index in [-0.39, 0.29) is 11.4 Å². The number of H-pyrrole nitrogens is 1. The van der Waals surface area contributed by atoms with Gasteiger partial charge in [0.15, 0.2) is 0 Å². The van der Waals surface area contributed by atoms with E-state index >= 15 is 0 Å². The molecule has 0 saturated carbocycles. The summed E-state index contributed by atoms with van der Waals surface area (Å²) in [5.74, 6) is -0.223. The number of morpholine rings is 1. The fourth-order valence-corrected chi connectivity index (χ4v) is 5.45. The van der Waals surface area contributed by atoms with Gasteiger partial charge in [0.25, 0.3) is 5.56 Å². The minimum atomic E-state index is -0.223. The number of pyridine rings is 1. The van der Waals surface area contributed by atoms with Gasteiger partial charge in [0, 0.05) is 32.4 Å². The number of halogens is 1. The van der Waals surface area contributed by atoms with Crippen molar-refractivity contribution in [2.75, 3.05) is 32.8 Å². The first-order valence-corrected chi connectivity index (χ1v) is 13.6. The molecule has 4 aromatic carbocycles. The van der Waals surface area contributed by atoms with E-state index in [0.29, 0.717) is 6.54 Å². The highest BCUT2D eigenvalue weighted by atomic mass is 19.1. The highest BCUT2D eigenvalue weighted by Crippen LogP contribution is 2.31. The molecule has 1 fully saturated rings. The van der Waals surface area contributed by atoms with Gasteiger partial charge in [-0.2, -0.15) is 0 Å². The molecule has 0 radical (unpaired) electrons. The van der Waals surface area contributed by atoms with Crippen LogP contribution in [0.15, 0.2) is 89.9 Å². The van der Waals surface area contributed by atoms with Crippen molar-refractivity contribution in [2.24, 2.45) is 0 Å². The highest BCUT2D eigenvalue weighted by molar-refractivity contribution is 6.09. The summed E-state index contributed by atoms with van der Waals surface area (Å²) in [6.07, 6.45) is 2.53. The molecule has 0 bridgehead atoms. The zero-order valence-corrected chi connectivity index (χ0v) is 21.9. The Labute approximate surface area is 227 Å². The Morgan fingerprint density at radius 3 is 2.38 bits per heavy atom. The van der Waals surface area contributed by atoms with Gasteiger partial charge < -0.3 is 15.0 Å². The van der Waals surface area contributed by atoms with Crippen molar-refractivity contribution in [3.05, 3.63) is 118 Å². The first-order chi connectivity index (χ1) is 19.1. The van der Waals surface area contributed by atoms with Crippen molar-refractivity contribution in [3.8, 4) is 11.1 Å². The summed E-state index contributed by atoms with van der Waals surface area (Å²) in [5, 5.41) is 7.19. The molecule has 0 unspecified atom stereocenters. The third kappa shape index (κ3) is 5.78. The third-order valence-corrected chi connectivity index (χ3v) is 7.57. The van der Waals surface area contributed by atoms with E-state index in [9.17, 15) is 9.18 Å². The largest absolute Gasteiger partial charge is 0.379 e. The summed E-state index contributed by atoms with van der Waals surface area (Å²) in [4.78, 5) is 18.2. The van der Waals surface area contributed by atoms with Gasteiger partial charge in [-0.25, -0.2) is 4.39 Å². The van der Waals surface area contributed by atoms with Crippen LogP contribution < -0.4 is 10.9 Å². The average Bonchev–Trinajstić information content (AvgIpc) is 2.97. The number of aromatic nitrogens is 1. The van der Waals surface area contributed by atoms with Crippen LogP contribution >= 0.6 is 0 Å². The van der Waals surface area contributed by atoms with E-state index in [2.05, 4.69) is 63.7 Å². The van der Waals surface area contributed by atoms with Crippen LogP contribution in [0.2, 0.25) is 0 Å². The standard InChI is InChI=1S/C33H32FN3O2/c34-29-8-3-23(4-9-29)21-35-13-11-27-19-28-12-14-36-33(38)32(28)31-20-26(7-10-30(27)31)25-5-1-24(2-6-25)22-37-15-17-39-18-16-37/h1-10,12,14,19-20,35H,11,13,15-18,21-22H2,(H,36,38). The van der Waals surface area contributed by atoms with Crippen LogP contribution in [0.4, 0.5) is 4.39 Å². The number of hydrogen-bond acceptors (Lipinski definition) is 4. The van der Waals surface area contributed by atoms with Crippen molar-refractivity contribution < 1.29 is 9.13 Å². The Morgan fingerprint density at radius 2 is 1.59 bits per heavy atom. The van der Waals surface area contributed by atoms with Gasteiger partial charge in [-0.3, -0.25) is 9.69 Å². The molecule has 0 amide bonds. The van der Waals surface area contributed by atoms with Crippen molar-refractivity contribution >= 4 is 21.5 Å². The maximum Gasteiger partial charge on any atom is 0.256 e. The van der Waals surface area contributed by atoms with Gasteiger partial charge in [0.05, 0.1) is 18.6 Å². The van der Waals surface area contributed by atoms with Gasteiger partial charge in [0.1, 0.15) is 5.82 Å². The Hall–Kier alpha value is -3.84. The monoisotopic (exact) mass is 521 g/mol. The van der Waals surface area contributed by atoms with Crippen LogP contribution in [0, 0.1) is 5.82 Å². The maximum atomic E-state index is 13.2. The molecule has 6 rings (SSSR count). The Bertz CT molecular complexity index is 1640. The van der Waals surface area contributed by atoms with E-state index in [4.69, 9.17) is 4.74 Å². The predicted molar refractivity (Wildman–Crippen MR) is 155 cm³/mol. The summed E-state index contributed by atoms with van der Waals surface area (Å²) < 4.78 is 18.7. The van der Waals surface area contributed by atoms with E-state index < -0.39 is 0 Å². The van der Waals surface area contributed by atoms with Gasteiger partial charge in [0.2, 0.25) is 0 Å². The first kappa shape index (κ1) is 25.4. The molecule has 0 aliphatic carbocycles. The molecule has 39 heavy (non-hydrogen) atoms. The second-order valence-corrected chi connectivity index (χ2v) is 10.2. The predicted octanol–water partition coefficient (Wildman–Crippen LogP) is 5.65. The summed E-state index contributed by atoms with van der Waals surface area (Å²) in [6.45, 7) is 5.92. The van der Waals surface area contributed by atoms with Gasteiger partial charge in [-0.1, -0.05) is 54.6 Å². The molecule has 2 N–H and O–H groups in total.